The molecule has 72 valence electrons. The lowest BCUT2D eigenvalue weighted by molar-refractivity contribution is 1.01. The van der Waals surface area contributed by atoms with Crippen molar-refractivity contribution >= 4 is 16.9 Å². The van der Waals surface area contributed by atoms with Crippen LogP contribution in [0.25, 0.3) is 10.9 Å². The minimum absolute atomic E-state index is 0.159. The van der Waals surface area contributed by atoms with Gasteiger partial charge in [0.1, 0.15) is 0 Å². The molecule has 5 heteroatoms. The van der Waals surface area contributed by atoms with Crippen LogP contribution in [0.15, 0.2) is 23.3 Å². The SMILES string of the molecule is CN(C)c1ncc2c(=O)[nH]ccc2n1. The number of H-pyrrole nitrogens is 1. The smallest absolute Gasteiger partial charge is 0.258 e. The van der Waals surface area contributed by atoms with E-state index in [1.54, 1.807) is 17.2 Å². The van der Waals surface area contributed by atoms with Crippen LogP contribution in [0.5, 0.6) is 0 Å². The quantitative estimate of drug-likeness (QED) is 0.706. The fraction of sp³-hybridized carbons (Fsp3) is 0.222. The molecule has 0 unspecified atom stereocenters. The molecule has 0 aliphatic heterocycles. The lowest BCUT2D eigenvalue weighted by Crippen LogP contribution is -2.14. The first-order valence-electron chi connectivity index (χ1n) is 4.20. The number of pyridine rings is 1. The zero-order valence-corrected chi connectivity index (χ0v) is 7.98. The van der Waals surface area contributed by atoms with Gasteiger partial charge >= 0.3 is 0 Å². The van der Waals surface area contributed by atoms with Gasteiger partial charge in [0.2, 0.25) is 5.95 Å². The maximum Gasteiger partial charge on any atom is 0.258 e. The Bertz CT molecular complexity index is 517. The second-order valence-corrected chi connectivity index (χ2v) is 3.17. The van der Waals surface area contributed by atoms with E-state index in [9.17, 15) is 4.79 Å². The summed E-state index contributed by atoms with van der Waals surface area (Å²) in [6, 6.07) is 1.76. The molecule has 0 aliphatic carbocycles. The van der Waals surface area contributed by atoms with E-state index in [-0.39, 0.29) is 5.56 Å². The number of fused-ring (bicyclic) bond motifs is 1. The van der Waals surface area contributed by atoms with Crippen molar-refractivity contribution in [2.75, 3.05) is 19.0 Å². The first-order valence-corrected chi connectivity index (χ1v) is 4.20. The maximum atomic E-state index is 11.3. The Morgan fingerprint density at radius 2 is 2.21 bits per heavy atom. The van der Waals surface area contributed by atoms with Gasteiger partial charge in [-0.3, -0.25) is 4.79 Å². The van der Waals surface area contributed by atoms with Crippen molar-refractivity contribution in [1.29, 1.82) is 0 Å². The molecule has 2 aromatic rings. The number of hydrogen-bond acceptors (Lipinski definition) is 4. The van der Waals surface area contributed by atoms with Crippen molar-refractivity contribution < 1.29 is 0 Å². The van der Waals surface area contributed by atoms with Gasteiger partial charge in [-0.05, 0) is 6.07 Å². The van der Waals surface area contributed by atoms with E-state index < -0.39 is 0 Å². The van der Waals surface area contributed by atoms with Gasteiger partial charge < -0.3 is 9.88 Å². The fourth-order valence-electron chi connectivity index (χ4n) is 1.18. The number of aromatic amines is 1. The lowest BCUT2D eigenvalue weighted by Gasteiger charge is -2.09. The molecule has 0 atom stereocenters. The third-order valence-electron chi connectivity index (χ3n) is 1.91. The summed E-state index contributed by atoms with van der Waals surface area (Å²) in [5.41, 5.74) is 0.500. The highest BCUT2D eigenvalue weighted by Crippen LogP contribution is 2.08. The molecular weight excluding hydrogens is 180 g/mol. The zero-order valence-electron chi connectivity index (χ0n) is 7.98. The number of nitrogens with zero attached hydrogens (tertiary/aromatic N) is 3. The number of rotatable bonds is 1. The molecule has 0 saturated heterocycles. The first-order chi connectivity index (χ1) is 6.68. The predicted octanol–water partition coefficient (Wildman–Crippen LogP) is 0.384. The summed E-state index contributed by atoms with van der Waals surface area (Å²) in [4.78, 5) is 24.0. The van der Waals surface area contributed by atoms with Crippen LogP contribution in [0, 0.1) is 0 Å². The summed E-state index contributed by atoms with van der Waals surface area (Å²) in [5.74, 6) is 0.600. The average molecular weight is 190 g/mol. The monoisotopic (exact) mass is 190 g/mol. The minimum Gasteiger partial charge on any atom is -0.347 e. The molecule has 0 bridgehead atoms. The van der Waals surface area contributed by atoms with Crippen molar-refractivity contribution in [3.8, 4) is 0 Å². The molecule has 0 aliphatic rings. The zero-order chi connectivity index (χ0) is 10.1. The van der Waals surface area contributed by atoms with E-state index in [1.165, 1.54) is 6.20 Å². The largest absolute Gasteiger partial charge is 0.347 e. The second-order valence-electron chi connectivity index (χ2n) is 3.17. The number of aromatic nitrogens is 3. The molecule has 14 heavy (non-hydrogen) atoms. The van der Waals surface area contributed by atoms with E-state index in [1.807, 2.05) is 14.1 Å². The second kappa shape index (κ2) is 3.10. The summed E-state index contributed by atoms with van der Waals surface area (Å²) in [5, 5.41) is 0.512. The molecule has 2 aromatic heterocycles. The minimum atomic E-state index is -0.159. The summed E-state index contributed by atoms with van der Waals surface area (Å²) < 4.78 is 0. The molecule has 2 heterocycles. The Morgan fingerprint density at radius 1 is 1.43 bits per heavy atom. The molecule has 2 rings (SSSR count). The van der Waals surface area contributed by atoms with Gasteiger partial charge in [-0.15, -0.1) is 0 Å². The Kier molecular flexibility index (Phi) is 1.92. The Balaban J connectivity index is 2.74. The molecule has 0 saturated carbocycles. The van der Waals surface area contributed by atoms with Crippen molar-refractivity contribution in [1.82, 2.24) is 15.0 Å². The van der Waals surface area contributed by atoms with Crippen LogP contribution in [-0.2, 0) is 0 Å². The molecule has 0 aromatic carbocycles. The average Bonchev–Trinajstić information content (AvgIpc) is 2.17. The van der Waals surface area contributed by atoms with Gasteiger partial charge in [0.05, 0.1) is 10.9 Å². The standard InChI is InChI=1S/C9H10N4O/c1-13(2)9-11-5-6-7(12-9)3-4-10-8(6)14/h3-5H,1-2H3,(H,10,14). The van der Waals surface area contributed by atoms with E-state index in [2.05, 4.69) is 15.0 Å². The first kappa shape index (κ1) is 8.68. The van der Waals surface area contributed by atoms with Gasteiger partial charge in [-0.2, -0.15) is 0 Å². The van der Waals surface area contributed by atoms with Crippen LogP contribution in [-0.4, -0.2) is 29.0 Å². The normalized spacial score (nSPS) is 10.4. The highest BCUT2D eigenvalue weighted by Gasteiger charge is 2.03. The summed E-state index contributed by atoms with van der Waals surface area (Å²) in [7, 11) is 3.71. The van der Waals surface area contributed by atoms with Crippen molar-refractivity contribution in [3.63, 3.8) is 0 Å². The van der Waals surface area contributed by atoms with Crippen LogP contribution in [0.3, 0.4) is 0 Å². The van der Waals surface area contributed by atoms with Crippen LogP contribution in [0.2, 0.25) is 0 Å². The van der Waals surface area contributed by atoms with E-state index in [0.29, 0.717) is 16.9 Å². The van der Waals surface area contributed by atoms with E-state index in [0.717, 1.165) is 0 Å². The Morgan fingerprint density at radius 3 is 2.93 bits per heavy atom. The summed E-state index contributed by atoms with van der Waals surface area (Å²) in [6.45, 7) is 0. The Hall–Kier alpha value is -1.91. The van der Waals surface area contributed by atoms with E-state index in [4.69, 9.17) is 0 Å². The molecule has 1 N–H and O–H groups in total. The molecule has 5 nitrogen and oxygen atoms in total. The van der Waals surface area contributed by atoms with Crippen molar-refractivity contribution in [2.45, 2.75) is 0 Å². The van der Waals surface area contributed by atoms with Crippen molar-refractivity contribution in [2.24, 2.45) is 0 Å². The number of nitrogens with one attached hydrogen (secondary N) is 1. The number of anilines is 1. The van der Waals surface area contributed by atoms with Gasteiger partial charge in [0.25, 0.3) is 5.56 Å². The topological polar surface area (TPSA) is 61.9 Å². The van der Waals surface area contributed by atoms with Gasteiger partial charge in [0, 0.05) is 26.5 Å². The third-order valence-corrected chi connectivity index (χ3v) is 1.91. The predicted molar refractivity (Wildman–Crippen MR) is 54.5 cm³/mol. The third kappa shape index (κ3) is 1.32. The number of hydrogen-bond donors (Lipinski definition) is 1. The van der Waals surface area contributed by atoms with Crippen LogP contribution >= 0.6 is 0 Å². The van der Waals surface area contributed by atoms with Gasteiger partial charge in [-0.1, -0.05) is 0 Å². The van der Waals surface area contributed by atoms with Crippen molar-refractivity contribution in [3.05, 3.63) is 28.8 Å². The molecular formula is C9H10N4O. The molecule has 0 spiro atoms. The van der Waals surface area contributed by atoms with Crippen LogP contribution in [0.1, 0.15) is 0 Å². The summed E-state index contributed by atoms with van der Waals surface area (Å²) >= 11 is 0. The summed E-state index contributed by atoms with van der Waals surface area (Å²) in [6.07, 6.45) is 3.12. The lowest BCUT2D eigenvalue weighted by atomic mass is 10.3. The molecule has 0 fully saturated rings. The van der Waals surface area contributed by atoms with Gasteiger partial charge in [0.15, 0.2) is 0 Å². The molecule has 0 radical (unpaired) electrons. The van der Waals surface area contributed by atoms with Crippen LogP contribution in [0.4, 0.5) is 5.95 Å². The highest BCUT2D eigenvalue weighted by molar-refractivity contribution is 5.77. The van der Waals surface area contributed by atoms with Gasteiger partial charge in [-0.25, -0.2) is 9.97 Å². The highest BCUT2D eigenvalue weighted by atomic mass is 16.1. The van der Waals surface area contributed by atoms with Crippen LogP contribution < -0.4 is 10.5 Å². The molecule has 0 amide bonds. The Labute approximate surface area is 80.4 Å². The fourth-order valence-corrected chi connectivity index (χ4v) is 1.18. The van der Waals surface area contributed by atoms with E-state index >= 15 is 0 Å². The maximum absolute atomic E-state index is 11.3.